The van der Waals surface area contributed by atoms with Crippen LogP contribution in [0.25, 0.3) is 27.6 Å². The molecular weight excluding hydrogens is 602 g/mol. The molecule has 0 amide bonds. The number of carboxylic acids is 2. The highest BCUT2D eigenvalue weighted by molar-refractivity contribution is 6.16. The van der Waals surface area contributed by atoms with E-state index in [4.69, 9.17) is 19.4 Å². The van der Waals surface area contributed by atoms with Crippen LogP contribution in [0.15, 0.2) is 95.7 Å². The minimum Gasteiger partial charge on any atom is -0.478 e. The highest BCUT2D eigenvalue weighted by Crippen LogP contribution is 2.31. The van der Waals surface area contributed by atoms with Crippen molar-refractivity contribution >= 4 is 57.7 Å². The summed E-state index contributed by atoms with van der Waals surface area (Å²) >= 11 is 0. The van der Waals surface area contributed by atoms with Gasteiger partial charge >= 0.3 is 23.9 Å². The molecule has 1 atom stereocenters. The number of hydrogen-bond donors (Lipinski definition) is 2. The van der Waals surface area contributed by atoms with Crippen LogP contribution in [0, 0.1) is 0 Å². The topological polar surface area (TPSA) is 152 Å². The maximum atomic E-state index is 11.7. The number of unbranched alkanes of at least 4 members (excludes halogenated alkanes) is 1. The molecule has 1 saturated heterocycles. The number of carboxylic acid groups (broad SMARTS) is 2. The van der Waals surface area contributed by atoms with Crippen LogP contribution in [0.4, 0.5) is 0 Å². The highest BCUT2D eigenvalue weighted by atomic mass is 16.7. The van der Waals surface area contributed by atoms with Gasteiger partial charge in [-0.05, 0) is 71.9 Å². The maximum absolute atomic E-state index is 11.7. The van der Waals surface area contributed by atoms with E-state index < -0.39 is 23.9 Å². The molecule has 0 saturated carbocycles. The van der Waals surface area contributed by atoms with E-state index in [1.54, 1.807) is 19.9 Å². The van der Waals surface area contributed by atoms with Gasteiger partial charge in [-0.1, -0.05) is 74.3 Å². The predicted octanol–water partition coefficient (Wildman–Crippen LogP) is 7.01. The second-order valence-corrected chi connectivity index (χ2v) is 10.9. The van der Waals surface area contributed by atoms with Crippen LogP contribution in [0.2, 0.25) is 0 Å². The Morgan fingerprint density at radius 1 is 0.957 bits per heavy atom. The summed E-state index contributed by atoms with van der Waals surface area (Å²) in [4.78, 5) is 50.0. The van der Waals surface area contributed by atoms with Gasteiger partial charge in [0, 0.05) is 34.3 Å². The molecule has 4 rings (SSSR count). The Balaban J connectivity index is 0.000000287. The number of nitrogens with zero attached hydrogens (tertiary/aromatic N) is 1. The summed E-state index contributed by atoms with van der Waals surface area (Å²) in [7, 11) is 0. The molecule has 3 aromatic carbocycles. The third-order valence-corrected chi connectivity index (χ3v) is 7.19. The Morgan fingerprint density at radius 2 is 1.66 bits per heavy atom. The number of epoxide rings is 1. The van der Waals surface area contributed by atoms with Crippen LogP contribution in [0.1, 0.15) is 57.1 Å². The van der Waals surface area contributed by atoms with Gasteiger partial charge in [-0.25, -0.2) is 19.2 Å². The largest absolute Gasteiger partial charge is 0.478 e. The van der Waals surface area contributed by atoms with Crippen molar-refractivity contribution < 1.29 is 43.7 Å². The smallest absolute Gasteiger partial charge is 0.360 e. The average molecular weight is 642 g/mol. The first-order valence-electron chi connectivity index (χ1n) is 15.1. The monoisotopic (exact) mass is 641 g/mol. The summed E-state index contributed by atoms with van der Waals surface area (Å²) in [5, 5.41) is 25.6. The van der Waals surface area contributed by atoms with Crippen molar-refractivity contribution in [3.05, 3.63) is 102 Å². The van der Waals surface area contributed by atoms with Gasteiger partial charge in [-0.15, -0.1) is 0 Å². The van der Waals surface area contributed by atoms with Crippen molar-refractivity contribution in [2.45, 2.75) is 52.1 Å². The number of esters is 1. The summed E-state index contributed by atoms with van der Waals surface area (Å²) in [5.74, 6) is -2.94. The Bertz CT molecular complexity index is 1760. The number of ether oxygens (including phenoxy) is 2. The molecule has 1 fully saturated rings. The predicted molar refractivity (Wildman–Crippen MR) is 181 cm³/mol. The van der Waals surface area contributed by atoms with Crippen molar-refractivity contribution in [1.29, 1.82) is 0 Å². The summed E-state index contributed by atoms with van der Waals surface area (Å²) in [6.07, 6.45) is 5.88. The Hall–Kier alpha value is -5.35. The fourth-order valence-corrected chi connectivity index (χ4v) is 4.51. The molecule has 10 heteroatoms. The molecular formula is C37H39NO9. The first-order valence-corrected chi connectivity index (χ1v) is 15.1. The SMILES string of the molecule is C=C(C)C(=O)ON=Cc1c2ccccc2cc2cccc(C=C(CC)C(=O)O)c12.C=C(CCCCOC(=O)C(=C)CC1CO1)C(=O)O. The molecule has 0 spiro atoms. The Morgan fingerprint density at radius 3 is 2.30 bits per heavy atom. The fraction of sp³-hybridized carbons (Fsp3) is 0.270. The average Bonchev–Trinajstić information content (AvgIpc) is 3.86. The number of benzene rings is 3. The summed E-state index contributed by atoms with van der Waals surface area (Å²) in [6.45, 7) is 14.9. The molecule has 1 unspecified atom stereocenters. The second-order valence-electron chi connectivity index (χ2n) is 10.9. The first-order chi connectivity index (χ1) is 22.4. The number of fused-ring (bicyclic) bond motifs is 2. The zero-order valence-corrected chi connectivity index (χ0v) is 26.6. The molecule has 1 aliphatic heterocycles. The van der Waals surface area contributed by atoms with E-state index in [2.05, 4.69) is 24.9 Å². The lowest BCUT2D eigenvalue weighted by atomic mass is 9.93. The van der Waals surface area contributed by atoms with Crippen LogP contribution in [-0.4, -0.2) is 59.6 Å². The molecule has 0 bridgehead atoms. The number of rotatable bonds is 15. The van der Waals surface area contributed by atoms with Crippen molar-refractivity contribution in [2.24, 2.45) is 5.16 Å². The highest BCUT2D eigenvalue weighted by Gasteiger charge is 2.25. The minimum absolute atomic E-state index is 0.129. The molecule has 3 aromatic rings. The van der Waals surface area contributed by atoms with Gasteiger partial charge in [-0.2, -0.15) is 0 Å². The van der Waals surface area contributed by atoms with Gasteiger partial charge < -0.3 is 24.5 Å². The molecule has 10 nitrogen and oxygen atoms in total. The molecule has 2 N–H and O–H groups in total. The number of carbonyl (C=O) groups is 4. The van der Waals surface area contributed by atoms with E-state index >= 15 is 0 Å². The molecule has 0 aromatic heterocycles. The number of oxime groups is 1. The normalized spacial score (nSPS) is 13.8. The summed E-state index contributed by atoms with van der Waals surface area (Å²) in [6, 6.07) is 15.6. The van der Waals surface area contributed by atoms with E-state index in [0.29, 0.717) is 49.9 Å². The Kier molecular flexibility index (Phi) is 13.4. The van der Waals surface area contributed by atoms with Crippen molar-refractivity contribution in [1.82, 2.24) is 0 Å². The van der Waals surface area contributed by atoms with Crippen LogP contribution in [0.3, 0.4) is 0 Å². The molecule has 1 aliphatic rings. The van der Waals surface area contributed by atoms with Gasteiger partial charge in [0.15, 0.2) is 0 Å². The van der Waals surface area contributed by atoms with Gasteiger partial charge in [0.1, 0.15) is 0 Å². The maximum Gasteiger partial charge on any atom is 0.360 e. The lowest BCUT2D eigenvalue weighted by Gasteiger charge is -2.11. The fourth-order valence-electron chi connectivity index (χ4n) is 4.51. The number of hydrogen-bond acceptors (Lipinski definition) is 8. The third kappa shape index (κ3) is 10.9. The Labute approximate surface area is 273 Å². The molecule has 0 aliphatic carbocycles. The van der Waals surface area contributed by atoms with Crippen LogP contribution in [0.5, 0.6) is 0 Å². The van der Waals surface area contributed by atoms with Gasteiger partial charge in [0.2, 0.25) is 0 Å². The number of carbonyl (C=O) groups excluding carboxylic acids is 2. The van der Waals surface area contributed by atoms with Gasteiger partial charge in [0.05, 0.1) is 25.5 Å². The molecule has 47 heavy (non-hydrogen) atoms. The quantitative estimate of drug-likeness (QED) is 0.0261. The molecule has 0 radical (unpaired) electrons. The third-order valence-electron chi connectivity index (χ3n) is 7.19. The zero-order valence-electron chi connectivity index (χ0n) is 26.6. The standard InChI is InChI=1S/C24H21NO4.C13H18O5/c1-4-16(23(26)27)12-18-9-7-10-19-13-17-8-5-6-11-20(17)21(22(18)19)14-25-29-24(28)15(2)3;1-9(12(14)15)5-3-4-6-17-13(16)10(2)7-11-8-18-11/h5-14H,2,4H2,1,3H3,(H,26,27);11H,1-8H2,(H,14,15). The van der Waals surface area contributed by atoms with Crippen LogP contribution >= 0.6 is 0 Å². The van der Waals surface area contributed by atoms with E-state index in [-0.39, 0.29) is 23.9 Å². The molecule has 246 valence electrons. The van der Waals surface area contributed by atoms with Gasteiger partial charge in [-0.3, -0.25) is 0 Å². The lowest BCUT2D eigenvalue weighted by Crippen LogP contribution is -2.10. The second kappa shape index (κ2) is 17.4. The van der Waals surface area contributed by atoms with E-state index in [9.17, 15) is 24.3 Å². The summed E-state index contributed by atoms with van der Waals surface area (Å²) in [5.41, 5.74) is 2.68. The van der Waals surface area contributed by atoms with E-state index in [0.717, 1.165) is 32.7 Å². The minimum atomic E-state index is -0.982. The number of aliphatic carboxylic acids is 2. The molecule has 1 heterocycles. The van der Waals surface area contributed by atoms with Crippen molar-refractivity contribution in [3.63, 3.8) is 0 Å². The van der Waals surface area contributed by atoms with Crippen LogP contribution < -0.4 is 0 Å². The zero-order chi connectivity index (χ0) is 34.5. The van der Waals surface area contributed by atoms with Crippen LogP contribution in [-0.2, 0) is 33.5 Å². The van der Waals surface area contributed by atoms with E-state index in [1.165, 1.54) is 6.21 Å². The van der Waals surface area contributed by atoms with Crippen molar-refractivity contribution in [3.8, 4) is 0 Å². The van der Waals surface area contributed by atoms with Gasteiger partial charge in [0.25, 0.3) is 0 Å². The first kappa shape index (κ1) is 36.1. The summed E-state index contributed by atoms with van der Waals surface area (Å²) < 4.78 is 9.99. The van der Waals surface area contributed by atoms with E-state index in [1.807, 2.05) is 48.5 Å². The lowest BCUT2D eigenvalue weighted by molar-refractivity contribution is -0.140. The van der Waals surface area contributed by atoms with Crippen molar-refractivity contribution in [2.75, 3.05) is 13.2 Å².